The molecule has 0 spiro atoms. The predicted molar refractivity (Wildman–Crippen MR) is 91.6 cm³/mol. The van der Waals surface area contributed by atoms with Crippen LogP contribution in [0.25, 0.3) is 5.69 Å². The van der Waals surface area contributed by atoms with Crippen molar-refractivity contribution in [3.63, 3.8) is 0 Å². The van der Waals surface area contributed by atoms with E-state index in [0.29, 0.717) is 22.8 Å². The lowest BCUT2D eigenvalue weighted by molar-refractivity contribution is 0.102. The van der Waals surface area contributed by atoms with E-state index in [0.717, 1.165) is 5.56 Å². The Kier molecular flexibility index (Phi) is 4.88. The van der Waals surface area contributed by atoms with Crippen LogP contribution in [0.5, 0.6) is 0 Å². The van der Waals surface area contributed by atoms with Crippen LogP contribution in [0.3, 0.4) is 0 Å². The van der Waals surface area contributed by atoms with E-state index >= 15 is 0 Å². The summed E-state index contributed by atoms with van der Waals surface area (Å²) in [6, 6.07) is 14.3. The number of aliphatic hydroxyl groups is 1. The number of carbonyl (C=O) groups excluding carboxylic acids is 1. The first-order valence-corrected chi connectivity index (χ1v) is 7.73. The zero-order valence-electron chi connectivity index (χ0n) is 12.7. The number of halogens is 1. The summed E-state index contributed by atoms with van der Waals surface area (Å²) in [6.07, 6.45) is 1.98. The minimum absolute atomic E-state index is 0.0955. The van der Waals surface area contributed by atoms with E-state index in [1.807, 2.05) is 12.1 Å². The van der Waals surface area contributed by atoms with Gasteiger partial charge < -0.3 is 10.4 Å². The van der Waals surface area contributed by atoms with Gasteiger partial charge in [0.2, 0.25) is 0 Å². The molecule has 0 radical (unpaired) electrons. The van der Waals surface area contributed by atoms with Crippen LogP contribution in [-0.2, 0) is 6.42 Å². The maximum absolute atomic E-state index is 12.2. The zero-order valence-corrected chi connectivity index (χ0v) is 13.4. The molecule has 3 aromatic rings. The van der Waals surface area contributed by atoms with Gasteiger partial charge in [0, 0.05) is 17.3 Å². The third-order valence-corrected chi connectivity index (χ3v) is 3.61. The van der Waals surface area contributed by atoms with E-state index in [1.54, 1.807) is 36.4 Å². The number of anilines is 1. The van der Waals surface area contributed by atoms with Crippen molar-refractivity contribution in [2.45, 2.75) is 6.42 Å². The van der Waals surface area contributed by atoms with Crippen LogP contribution in [0.4, 0.5) is 5.69 Å². The second kappa shape index (κ2) is 7.25. The van der Waals surface area contributed by atoms with Crippen molar-refractivity contribution in [1.29, 1.82) is 0 Å². The van der Waals surface area contributed by atoms with Gasteiger partial charge in [0.25, 0.3) is 5.91 Å². The molecule has 1 aromatic heterocycles. The van der Waals surface area contributed by atoms with E-state index < -0.39 is 0 Å². The van der Waals surface area contributed by atoms with Gasteiger partial charge >= 0.3 is 0 Å². The van der Waals surface area contributed by atoms with Crippen molar-refractivity contribution in [1.82, 2.24) is 15.0 Å². The topological polar surface area (TPSA) is 80.0 Å². The Morgan fingerprint density at radius 3 is 2.71 bits per heavy atom. The summed E-state index contributed by atoms with van der Waals surface area (Å²) in [5, 5.41) is 20.5. The van der Waals surface area contributed by atoms with Gasteiger partial charge in [-0.05, 0) is 42.3 Å². The second-order valence-electron chi connectivity index (χ2n) is 5.12. The third-order valence-electron chi connectivity index (χ3n) is 3.38. The molecule has 0 fully saturated rings. The molecule has 0 aliphatic carbocycles. The van der Waals surface area contributed by atoms with Crippen LogP contribution >= 0.6 is 11.6 Å². The highest BCUT2D eigenvalue weighted by Crippen LogP contribution is 2.14. The van der Waals surface area contributed by atoms with Gasteiger partial charge in [-0.25, -0.2) is 0 Å². The minimum Gasteiger partial charge on any atom is -0.396 e. The van der Waals surface area contributed by atoms with Crippen molar-refractivity contribution in [3.8, 4) is 5.69 Å². The molecule has 0 bridgehead atoms. The molecule has 7 heteroatoms. The molecule has 2 aromatic carbocycles. The molecule has 3 rings (SSSR count). The van der Waals surface area contributed by atoms with Crippen LogP contribution in [-0.4, -0.2) is 32.6 Å². The van der Waals surface area contributed by atoms with E-state index in [4.69, 9.17) is 16.7 Å². The van der Waals surface area contributed by atoms with E-state index in [1.165, 1.54) is 11.0 Å². The Morgan fingerprint density at radius 2 is 2.00 bits per heavy atom. The molecular weight excluding hydrogens is 328 g/mol. The molecule has 6 nitrogen and oxygen atoms in total. The summed E-state index contributed by atoms with van der Waals surface area (Å²) >= 11 is 5.94. The number of rotatable bonds is 5. The molecule has 0 aliphatic rings. The number of aromatic nitrogens is 3. The standard InChI is InChI=1S/C17H15ClN4O2/c18-13-2-1-3-15(10-13)22-19-11-16(21-22)17(24)20-14-6-4-12(5-7-14)8-9-23/h1-7,10-11,23H,8-9H2,(H,20,24). The quantitative estimate of drug-likeness (QED) is 0.747. The molecule has 2 N–H and O–H groups in total. The Morgan fingerprint density at radius 1 is 1.21 bits per heavy atom. The Balaban J connectivity index is 1.71. The van der Waals surface area contributed by atoms with Crippen molar-refractivity contribution < 1.29 is 9.90 Å². The predicted octanol–water partition coefficient (Wildman–Crippen LogP) is 2.71. The van der Waals surface area contributed by atoms with Crippen molar-refractivity contribution in [2.75, 3.05) is 11.9 Å². The van der Waals surface area contributed by atoms with Crippen LogP contribution < -0.4 is 5.32 Å². The number of nitrogens with zero attached hydrogens (tertiary/aromatic N) is 3. The van der Waals surface area contributed by atoms with Gasteiger partial charge in [0.15, 0.2) is 5.69 Å². The Bertz CT molecular complexity index is 846. The van der Waals surface area contributed by atoms with E-state index in [9.17, 15) is 4.79 Å². The van der Waals surface area contributed by atoms with Crippen LogP contribution in [0.1, 0.15) is 16.1 Å². The van der Waals surface area contributed by atoms with Crippen LogP contribution in [0.2, 0.25) is 5.02 Å². The number of benzene rings is 2. The number of amides is 1. The zero-order chi connectivity index (χ0) is 16.9. The monoisotopic (exact) mass is 342 g/mol. The number of carbonyl (C=O) groups is 1. The molecule has 0 saturated carbocycles. The normalized spacial score (nSPS) is 10.6. The van der Waals surface area contributed by atoms with Gasteiger partial charge in [-0.1, -0.05) is 29.8 Å². The van der Waals surface area contributed by atoms with Gasteiger partial charge in [-0.3, -0.25) is 4.79 Å². The average molecular weight is 343 g/mol. The molecule has 24 heavy (non-hydrogen) atoms. The number of nitrogens with one attached hydrogen (secondary N) is 1. The summed E-state index contributed by atoms with van der Waals surface area (Å²) in [4.78, 5) is 13.6. The van der Waals surface area contributed by atoms with Crippen molar-refractivity contribution in [3.05, 3.63) is 71.0 Å². The molecular formula is C17H15ClN4O2. The van der Waals surface area contributed by atoms with Crippen molar-refractivity contribution in [2.24, 2.45) is 0 Å². The van der Waals surface area contributed by atoms with E-state index in [2.05, 4.69) is 15.5 Å². The number of aliphatic hydroxyl groups excluding tert-OH is 1. The fourth-order valence-corrected chi connectivity index (χ4v) is 2.36. The third kappa shape index (κ3) is 3.79. The summed E-state index contributed by atoms with van der Waals surface area (Å²) in [5.41, 5.74) is 2.53. The molecule has 1 heterocycles. The maximum atomic E-state index is 12.2. The highest BCUT2D eigenvalue weighted by molar-refractivity contribution is 6.30. The smallest absolute Gasteiger partial charge is 0.277 e. The molecule has 0 aliphatic heterocycles. The molecule has 122 valence electrons. The Labute approximate surface area is 143 Å². The van der Waals surface area contributed by atoms with E-state index in [-0.39, 0.29) is 18.2 Å². The first-order valence-electron chi connectivity index (χ1n) is 7.35. The largest absolute Gasteiger partial charge is 0.396 e. The minimum atomic E-state index is -0.349. The summed E-state index contributed by atoms with van der Waals surface area (Å²) in [7, 11) is 0. The number of hydrogen-bond acceptors (Lipinski definition) is 4. The lowest BCUT2D eigenvalue weighted by atomic mass is 10.1. The highest BCUT2D eigenvalue weighted by atomic mass is 35.5. The summed E-state index contributed by atoms with van der Waals surface area (Å²) < 4.78 is 0. The molecule has 0 unspecified atom stereocenters. The van der Waals surface area contributed by atoms with Gasteiger partial charge in [-0.15, -0.1) is 5.10 Å². The van der Waals surface area contributed by atoms with Crippen molar-refractivity contribution >= 4 is 23.2 Å². The SMILES string of the molecule is O=C(Nc1ccc(CCO)cc1)c1cnn(-c2cccc(Cl)c2)n1. The van der Waals surface area contributed by atoms with Crippen LogP contribution in [0.15, 0.2) is 54.7 Å². The molecule has 0 atom stereocenters. The fourth-order valence-electron chi connectivity index (χ4n) is 2.17. The first-order chi connectivity index (χ1) is 11.7. The highest BCUT2D eigenvalue weighted by Gasteiger charge is 2.12. The Hall–Kier alpha value is -2.70. The second-order valence-corrected chi connectivity index (χ2v) is 5.56. The lowest BCUT2D eigenvalue weighted by Crippen LogP contribution is -2.13. The maximum Gasteiger partial charge on any atom is 0.277 e. The van der Waals surface area contributed by atoms with Gasteiger partial charge in [0.1, 0.15) is 0 Å². The summed E-state index contributed by atoms with van der Waals surface area (Å²) in [6.45, 7) is 0.0955. The summed E-state index contributed by atoms with van der Waals surface area (Å²) in [5.74, 6) is -0.349. The number of hydrogen-bond donors (Lipinski definition) is 2. The molecule has 0 saturated heterocycles. The molecule has 1 amide bonds. The van der Waals surface area contributed by atoms with Crippen LogP contribution in [0, 0.1) is 0 Å². The lowest BCUT2D eigenvalue weighted by Gasteiger charge is -2.04. The average Bonchev–Trinajstić information content (AvgIpc) is 3.07. The van der Waals surface area contributed by atoms with Gasteiger partial charge in [-0.2, -0.15) is 9.90 Å². The fraction of sp³-hybridized carbons (Fsp3) is 0.118. The first kappa shape index (κ1) is 16.2. The van der Waals surface area contributed by atoms with Gasteiger partial charge in [0.05, 0.1) is 11.9 Å².